The van der Waals surface area contributed by atoms with E-state index in [1.165, 1.54) is 0 Å². The van der Waals surface area contributed by atoms with Crippen molar-refractivity contribution in [3.05, 3.63) is 24.3 Å². The molecule has 0 radical (unpaired) electrons. The Morgan fingerprint density at radius 1 is 0.778 bits per heavy atom. The lowest BCUT2D eigenvalue weighted by atomic mass is 9.72. The van der Waals surface area contributed by atoms with Gasteiger partial charge in [-0.3, -0.25) is 0 Å². The van der Waals surface area contributed by atoms with E-state index < -0.39 is 0 Å². The minimum absolute atomic E-state index is 0.0230. The first-order chi connectivity index (χ1) is 7.90. The van der Waals surface area contributed by atoms with Crippen LogP contribution in [0.5, 0.6) is 0 Å². The lowest BCUT2D eigenvalue weighted by molar-refractivity contribution is -0.0443. The van der Waals surface area contributed by atoms with Crippen LogP contribution in [0.3, 0.4) is 0 Å². The first-order valence-electron chi connectivity index (χ1n) is 6.80. The van der Waals surface area contributed by atoms with Gasteiger partial charge in [0.2, 0.25) is 0 Å². The summed E-state index contributed by atoms with van der Waals surface area (Å²) in [5.74, 6) is 0. The van der Waals surface area contributed by atoms with Gasteiger partial charge in [0.25, 0.3) is 0 Å². The van der Waals surface area contributed by atoms with Crippen molar-refractivity contribution in [3.8, 4) is 0 Å². The molecule has 0 rings (SSSR count). The van der Waals surface area contributed by atoms with E-state index in [1.807, 2.05) is 0 Å². The molecule has 0 aliphatic heterocycles. The lowest BCUT2D eigenvalue weighted by Gasteiger charge is -2.40. The van der Waals surface area contributed by atoms with Crippen LogP contribution in [0.15, 0.2) is 24.3 Å². The third-order valence-corrected chi connectivity index (χ3v) is 2.93. The molecule has 0 aliphatic carbocycles. The van der Waals surface area contributed by atoms with Crippen LogP contribution in [0.2, 0.25) is 0 Å². The summed E-state index contributed by atoms with van der Waals surface area (Å²) in [5, 5.41) is 0. The second-order valence-corrected chi connectivity index (χ2v) is 7.89. The van der Waals surface area contributed by atoms with Gasteiger partial charge in [-0.05, 0) is 10.8 Å². The Kier molecular flexibility index (Phi) is 5.87. The summed E-state index contributed by atoms with van der Waals surface area (Å²) in [6.45, 7) is 17.7. The van der Waals surface area contributed by atoms with E-state index in [-0.39, 0.29) is 22.3 Å². The van der Waals surface area contributed by atoms with Gasteiger partial charge < -0.3 is 4.74 Å². The number of hydrogen-bond donors (Lipinski definition) is 0. The molecule has 0 amide bonds. The average Bonchev–Trinajstić information content (AvgIpc) is 2.09. The van der Waals surface area contributed by atoms with Gasteiger partial charge in [0.15, 0.2) is 0 Å². The summed E-state index contributed by atoms with van der Waals surface area (Å²) in [6.07, 6.45) is 8.94. The molecule has 0 saturated heterocycles. The van der Waals surface area contributed by atoms with Crippen molar-refractivity contribution in [2.75, 3.05) is 7.11 Å². The standard InChI is InChI=1S/C17H32O/c1-15(2,3)12-10-11-13-17(7,8)14(18-9)16(4,5)6/h10-14H,1-9H3/b12-10+,13-11+. The highest BCUT2D eigenvalue weighted by atomic mass is 16.5. The Morgan fingerprint density at radius 3 is 1.56 bits per heavy atom. The van der Waals surface area contributed by atoms with E-state index in [1.54, 1.807) is 7.11 Å². The van der Waals surface area contributed by atoms with Crippen molar-refractivity contribution < 1.29 is 4.74 Å². The van der Waals surface area contributed by atoms with Crippen LogP contribution in [0.4, 0.5) is 0 Å². The third-order valence-electron chi connectivity index (χ3n) is 2.93. The van der Waals surface area contributed by atoms with Crippen LogP contribution in [0.1, 0.15) is 55.4 Å². The normalized spacial score (nSPS) is 16.7. The highest BCUT2D eigenvalue weighted by Crippen LogP contribution is 2.37. The number of rotatable bonds is 4. The molecule has 0 N–H and O–H groups in total. The Hall–Kier alpha value is -0.560. The summed E-state index contributed by atoms with van der Waals surface area (Å²) in [5.41, 5.74) is 0.394. The molecule has 106 valence electrons. The van der Waals surface area contributed by atoms with E-state index >= 15 is 0 Å². The minimum Gasteiger partial charge on any atom is -0.380 e. The molecule has 1 unspecified atom stereocenters. The Bertz CT molecular complexity index is 295. The largest absolute Gasteiger partial charge is 0.380 e. The van der Waals surface area contributed by atoms with Gasteiger partial charge in [-0.1, -0.05) is 79.7 Å². The van der Waals surface area contributed by atoms with Crippen LogP contribution in [0.25, 0.3) is 0 Å². The van der Waals surface area contributed by atoms with Crippen LogP contribution in [0, 0.1) is 16.2 Å². The fraction of sp³-hybridized carbons (Fsp3) is 0.765. The summed E-state index contributed by atoms with van der Waals surface area (Å²) in [6, 6.07) is 0. The summed E-state index contributed by atoms with van der Waals surface area (Å²) < 4.78 is 5.70. The quantitative estimate of drug-likeness (QED) is 0.622. The highest BCUT2D eigenvalue weighted by Gasteiger charge is 2.36. The second kappa shape index (κ2) is 6.06. The number of ether oxygens (including phenoxy) is 1. The topological polar surface area (TPSA) is 9.23 Å². The fourth-order valence-corrected chi connectivity index (χ4v) is 2.51. The van der Waals surface area contributed by atoms with Crippen LogP contribution in [-0.2, 0) is 4.74 Å². The molecular formula is C17H32O. The Morgan fingerprint density at radius 2 is 1.22 bits per heavy atom. The average molecular weight is 252 g/mol. The van der Waals surface area contributed by atoms with Gasteiger partial charge in [-0.15, -0.1) is 0 Å². The molecule has 0 saturated carbocycles. The first kappa shape index (κ1) is 17.4. The van der Waals surface area contributed by atoms with Crippen molar-refractivity contribution in [1.29, 1.82) is 0 Å². The minimum atomic E-state index is 0.0230. The maximum Gasteiger partial charge on any atom is 0.0704 e. The maximum atomic E-state index is 5.70. The van der Waals surface area contributed by atoms with Crippen molar-refractivity contribution in [2.24, 2.45) is 16.2 Å². The van der Waals surface area contributed by atoms with Crippen LogP contribution in [-0.4, -0.2) is 13.2 Å². The summed E-state index contributed by atoms with van der Waals surface area (Å²) >= 11 is 0. The lowest BCUT2D eigenvalue weighted by Crippen LogP contribution is -2.40. The Labute approximate surface area is 114 Å². The monoisotopic (exact) mass is 252 g/mol. The van der Waals surface area contributed by atoms with Gasteiger partial charge in [0.05, 0.1) is 6.10 Å². The zero-order chi connectivity index (χ0) is 14.6. The third kappa shape index (κ3) is 6.39. The SMILES string of the molecule is COC(C(C)(C)C)C(C)(C)/C=C/C=C/C(C)(C)C. The molecule has 0 aromatic carbocycles. The molecule has 0 bridgehead atoms. The molecule has 0 aromatic heterocycles. The van der Waals surface area contributed by atoms with Crippen molar-refractivity contribution in [1.82, 2.24) is 0 Å². The van der Waals surface area contributed by atoms with Crippen molar-refractivity contribution >= 4 is 0 Å². The molecule has 0 aliphatic rings. The van der Waals surface area contributed by atoms with E-state index in [9.17, 15) is 0 Å². The maximum absolute atomic E-state index is 5.70. The molecule has 1 heteroatoms. The van der Waals surface area contributed by atoms with E-state index in [4.69, 9.17) is 4.74 Å². The smallest absolute Gasteiger partial charge is 0.0704 e. The van der Waals surface area contributed by atoms with Crippen LogP contribution >= 0.6 is 0 Å². The van der Waals surface area contributed by atoms with Gasteiger partial charge >= 0.3 is 0 Å². The zero-order valence-corrected chi connectivity index (χ0v) is 13.8. The predicted molar refractivity (Wildman–Crippen MR) is 81.8 cm³/mol. The molecule has 0 spiro atoms. The summed E-state index contributed by atoms with van der Waals surface area (Å²) in [4.78, 5) is 0. The van der Waals surface area contributed by atoms with Crippen LogP contribution < -0.4 is 0 Å². The first-order valence-corrected chi connectivity index (χ1v) is 6.80. The Balaban J connectivity index is 4.84. The highest BCUT2D eigenvalue weighted by molar-refractivity contribution is 5.12. The van der Waals surface area contributed by atoms with E-state index in [0.29, 0.717) is 0 Å². The van der Waals surface area contributed by atoms with Gasteiger partial charge in [-0.25, -0.2) is 0 Å². The molecule has 1 nitrogen and oxygen atoms in total. The van der Waals surface area contributed by atoms with Crippen molar-refractivity contribution in [3.63, 3.8) is 0 Å². The van der Waals surface area contributed by atoms with Crippen molar-refractivity contribution in [2.45, 2.75) is 61.5 Å². The zero-order valence-electron chi connectivity index (χ0n) is 13.8. The molecule has 1 atom stereocenters. The molecule has 0 fully saturated rings. The predicted octanol–water partition coefficient (Wildman–Crippen LogP) is 5.23. The fourth-order valence-electron chi connectivity index (χ4n) is 2.51. The molecule has 0 heterocycles. The van der Waals surface area contributed by atoms with E-state index in [0.717, 1.165) is 0 Å². The second-order valence-electron chi connectivity index (χ2n) is 7.89. The van der Waals surface area contributed by atoms with Gasteiger partial charge in [0, 0.05) is 12.5 Å². The number of methoxy groups -OCH3 is 1. The molecule has 18 heavy (non-hydrogen) atoms. The van der Waals surface area contributed by atoms with E-state index in [2.05, 4.69) is 79.7 Å². The molecular weight excluding hydrogens is 220 g/mol. The number of allylic oxidation sites excluding steroid dienone is 3. The van der Waals surface area contributed by atoms with Gasteiger partial charge in [-0.2, -0.15) is 0 Å². The number of hydrogen-bond acceptors (Lipinski definition) is 1. The molecule has 0 aromatic rings. The summed E-state index contributed by atoms with van der Waals surface area (Å²) in [7, 11) is 1.80. The van der Waals surface area contributed by atoms with Gasteiger partial charge in [0.1, 0.15) is 0 Å².